The number of rotatable bonds is 1. The van der Waals surface area contributed by atoms with Gasteiger partial charge in [0.05, 0.1) is 0 Å². The van der Waals surface area contributed by atoms with Crippen molar-refractivity contribution in [1.82, 2.24) is 0 Å². The van der Waals surface area contributed by atoms with Crippen LogP contribution < -0.4 is 5.73 Å². The lowest BCUT2D eigenvalue weighted by molar-refractivity contribution is 0.463. The van der Waals surface area contributed by atoms with Crippen molar-refractivity contribution in [3.63, 3.8) is 0 Å². The maximum atomic E-state index is 9.30. The van der Waals surface area contributed by atoms with Gasteiger partial charge in [0, 0.05) is 16.1 Å². The first kappa shape index (κ1) is 8.56. The fraction of sp³-hybridized carbons (Fsp3) is 0.250. The van der Waals surface area contributed by atoms with Crippen LogP contribution in [0.4, 0.5) is 0 Å². The van der Waals surface area contributed by atoms with Gasteiger partial charge < -0.3 is 10.8 Å². The van der Waals surface area contributed by atoms with E-state index in [2.05, 4.69) is 15.9 Å². The van der Waals surface area contributed by atoms with Gasteiger partial charge in [-0.15, -0.1) is 0 Å². The molecule has 0 heterocycles. The van der Waals surface area contributed by atoms with Crippen LogP contribution in [0.5, 0.6) is 5.75 Å². The molecule has 0 saturated carbocycles. The Morgan fingerprint density at radius 1 is 1.55 bits per heavy atom. The molecule has 0 unspecified atom stereocenters. The molecule has 0 aliphatic carbocycles. The summed E-state index contributed by atoms with van der Waals surface area (Å²) >= 11 is 3.30. The van der Waals surface area contributed by atoms with Crippen molar-refractivity contribution in [3.05, 3.63) is 28.2 Å². The molecule has 0 spiro atoms. The molecule has 1 aromatic rings. The van der Waals surface area contributed by atoms with E-state index >= 15 is 0 Å². The number of phenols is 1. The molecule has 0 radical (unpaired) electrons. The summed E-state index contributed by atoms with van der Waals surface area (Å²) in [5.41, 5.74) is 6.37. The molecular weight excluding hydrogens is 206 g/mol. The van der Waals surface area contributed by atoms with E-state index in [0.29, 0.717) is 0 Å². The van der Waals surface area contributed by atoms with E-state index in [4.69, 9.17) is 5.73 Å². The van der Waals surface area contributed by atoms with Crippen molar-refractivity contribution in [2.45, 2.75) is 13.0 Å². The molecule has 0 amide bonds. The molecule has 0 aliphatic heterocycles. The fourth-order valence-corrected chi connectivity index (χ4v) is 1.27. The highest BCUT2D eigenvalue weighted by Gasteiger charge is 2.05. The summed E-state index contributed by atoms with van der Waals surface area (Å²) in [7, 11) is 0. The first-order chi connectivity index (χ1) is 5.11. The van der Waals surface area contributed by atoms with Gasteiger partial charge in [0.1, 0.15) is 5.75 Å². The Labute approximate surface area is 74.2 Å². The van der Waals surface area contributed by atoms with Crippen LogP contribution in [0.15, 0.2) is 22.7 Å². The summed E-state index contributed by atoms with van der Waals surface area (Å²) in [6, 6.07) is 5.09. The summed E-state index contributed by atoms with van der Waals surface area (Å²) in [6.07, 6.45) is 0. The predicted octanol–water partition coefficient (Wildman–Crippen LogP) is 2.17. The van der Waals surface area contributed by atoms with Crippen molar-refractivity contribution >= 4 is 15.9 Å². The Balaban J connectivity index is 3.13. The standard InChI is InChI=1S/C8H10BrNO/c1-5(10)7-4-6(9)2-3-8(7)11/h2-5,11H,10H2,1H3/t5-/m1/s1. The third-order valence-electron chi connectivity index (χ3n) is 1.48. The third-order valence-corrected chi connectivity index (χ3v) is 1.97. The Morgan fingerprint density at radius 2 is 2.18 bits per heavy atom. The average Bonchev–Trinajstić information content (AvgIpc) is 1.94. The zero-order valence-corrected chi connectivity index (χ0v) is 7.80. The van der Waals surface area contributed by atoms with Gasteiger partial charge in [0.15, 0.2) is 0 Å². The van der Waals surface area contributed by atoms with Crippen molar-refractivity contribution < 1.29 is 5.11 Å². The summed E-state index contributed by atoms with van der Waals surface area (Å²) in [5, 5.41) is 9.30. The monoisotopic (exact) mass is 215 g/mol. The molecule has 3 N–H and O–H groups in total. The maximum Gasteiger partial charge on any atom is 0.120 e. The highest BCUT2D eigenvalue weighted by atomic mass is 79.9. The van der Waals surface area contributed by atoms with Gasteiger partial charge in [-0.05, 0) is 25.1 Å². The van der Waals surface area contributed by atoms with E-state index in [1.807, 2.05) is 13.0 Å². The van der Waals surface area contributed by atoms with Gasteiger partial charge in [-0.3, -0.25) is 0 Å². The summed E-state index contributed by atoms with van der Waals surface area (Å²) < 4.78 is 0.933. The van der Waals surface area contributed by atoms with Crippen LogP contribution in [0.3, 0.4) is 0 Å². The largest absolute Gasteiger partial charge is 0.508 e. The van der Waals surface area contributed by atoms with Gasteiger partial charge in [-0.2, -0.15) is 0 Å². The minimum Gasteiger partial charge on any atom is -0.508 e. The molecule has 1 rings (SSSR count). The van der Waals surface area contributed by atoms with E-state index < -0.39 is 0 Å². The number of hydrogen-bond donors (Lipinski definition) is 2. The van der Waals surface area contributed by atoms with E-state index in [1.54, 1.807) is 12.1 Å². The quantitative estimate of drug-likeness (QED) is 0.755. The number of phenolic OH excluding ortho intramolecular Hbond substituents is 1. The van der Waals surface area contributed by atoms with Gasteiger partial charge in [0.2, 0.25) is 0 Å². The van der Waals surface area contributed by atoms with E-state index in [-0.39, 0.29) is 11.8 Å². The van der Waals surface area contributed by atoms with Crippen LogP contribution >= 0.6 is 15.9 Å². The first-order valence-electron chi connectivity index (χ1n) is 3.35. The van der Waals surface area contributed by atoms with Gasteiger partial charge >= 0.3 is 0 Å². The van der Waals surface area contributed by atoms with Crippen LogP contribution in [0.2, 0.25) is 0 Å². The van der Waals surface area contributed by atoms with Crippen molar-refractivity contribution in [3.8, 4) is 5.75 Å². The van der Waals surface area contributed by atoms with Crippen LogP contribution in [-0.2, 0) is 0 Å². The number of nitrogens with two attached hydrogens (primary N) is 1. The van der Waals surface area contributed by atoms with Crippen molar-refractivity contribution in [2.24, 2.45) is 5.73 Å². The van der Waals surface area contributed by atoms with Gasteiger partial charge in [0.25, 0.3) is 0 Å². The maximum absolute atomic E-state index is 9.30. The number of halogens is 1. The zero-order valence-electron chi connectivity index (χ0n) is 6.21. The summed E-state index contributed by atoms with van der Waals surface area (Å²) in [6.45, 7) is 1.83. The molecule has 0 saturated heterocycles. The highest BCUT2D eigenvalue weighted by Crippen LogP contribution is 2.25. The Bertz CT molecular complexity index is 260. The van der Waals surface area contributed by atoms with E-state index in [1.165, 1.54) is 0 Å². The smallest absolute Gasteiger partial charge is 0.120 e. The van der Waals surface area contributed by atoms with Crippen LogP contribution in [-0.4, -0.2) is 5.11 Å². The number of hydrogen-bond acceptors (Lipinski definition) is 2. The molecule has 11 heavy (non-hydrogen) atoms. The molecule has 0 aromatic heterocycles. The Morgan fingerprint density at radius 3 is 2.64 bits per heavy atom. The topological polar surface area (TPSA) is 46.2 Å². The van der Waals surface area contributed by atoms with Gasteiger partial charge in [-0.25, -0.2) is 0 Å². The number of aromatic hydroxyl groups is 1. The molecule has 1 aromatic carbocycles. The van der Waals surface area contributed by atoms with Gasteiger partial charge in [-0.1, -0.05) is 15.9 Å². The second kappa shape index (κ2) is 3.24. The molecule has 60 valence electrons. The van der Waals surface area contributed by atoms with Crippen LogP contribution in [0.1, 0.15) is 18.5 Å². The lowest BCUT2D eigenvalue weighted by atomic mass is 10.1. The predicted molar refractivity (Wildman–Crippen MR) is 48.4 cm³/mol. The molecule has 2 nitrogen and oxygen atoms in total. The molecule has 0 fully saturated rings. The Kier molecular flexibility index (Phi) is 2.52. The molecule has 0 aliphatic rings. The molecule has 3 heteroatoms. The lowest BCUT2D eigenvalue weighted by Crippen LogP contribution is -2.04. The van der Waals surface area contributed by atoms with Crippen molar-refractivity contribution in [2.75, 3.05) is 0 Å². The fourth-order valence-electron chi connectivity index (χ4n) is 0.890. The minimum atomic E-state index is -0.132. The molecule has 1 atom stereocenters. The second-order valence-corrected chi connectivity index (χ2v) is 3.41. The van der Waals surface area contributed by atoms with E-state index in [9.17, 15) is 5.11 Å². The zero-order chi connectivity index (χ0) is 8.43. The highest BCUT2D eigenvalue weighted by molar-refractivity contribution is 9.10. The summed E-state index contributed by atoms with van der Waals surface area (Å²) in [5.74, 6) is 0.253. The normalized spacial score (nSPS) is 13.0. The Hall–Kier alpha value is -0.540. The summed E-state index contributed by atoms with van der Waals surface area (Å²) in [4.78, 5) is 0. The lowest BCUT2D eigenvalue weighted by Gasteiger charge is -2.07. The number of benzene rings is 1. The molecular formula is C8H10BrNO. The second-order valence-electron chi connectivity index (χ2n) is 2.49. The minimum absolute atomic E-state index is 0.132. The first-order valence-corrected chi connectivity index (χ1v) is 4.14. The SMILES string of the molecule is C[C@@H](N)c1cc(Br)ccc1O. The third kappa shape index (κ3) is 1.94. The van der Waals surface area contributed by atoms with Crippen LogP contribution in [0.25, 0.3) is 0 Å². The average molecular weight is 216 g/mol. The van der Waals surface area contributed by atoms with Crippen molar-refractivity contribution in [1.29, 1.82) is 0 Å². The molecule has 0 bridgehead atoms. The van der Waals surface area contributed by atoms with Crippen LogP contribution in [0, 0.1) is 0 Å². The van der Waals surface area contributed by atoms with E-state index in [0.717, 1.165) is 10.0 Å².